The van der Waals surface area contributed by atoms with Crippen molar-refractivity contribution in [2.45, 2.75) is 13.3 Å². The molecule has 0 spiro atoms. The van der Waals surface area contributed by atoms with Crippen molar-refractivity contribution in [1.82, 2.24) is 4.90 Å². The van der Waals surface area contributed by atoms with Gasteiger partial charge in [-0.1, -0.05) is 0 Å². The summed E-state index contributed by atoms with van der Waals surface area (Å²) in [6, 6.07) is 2.44. The summed E-state index contributed by atoms with van der Waals surface area (Å²) in [5, 5.41) is 3.52. The van der Waals surface area contributed by atoms with Crippen LogP contribution in [-0.2, 0) is 4.84 Å². The normalized spacial score (nSPS) is 8.62. The zero-order valence-corrected chi connectivity index (χ0v) is 9.30. The van der Waals surface area contributed by atoms with Crippen LogP contribution in [0, 0.1) is 0 Å². The smallest absolute Gasteiger partial charge is 0.135 e. The van der Waals surface area contributed by atoms with E-state index < -0.39 is 0 Å². The van der Waals surface area contributed by atoms with Crippen LogP contribution >= 0.6 is 12.4 Å². The molecule has 0 N–H and O–H groups in total. The Morgan fingerprint density at radius 2 is 2.08 bits per heavy atom. The second kappa shape index (κ2) is 11.4. The standard InChI is InChI=1S/C8H17N3O.ClH/c1-4-9-8-10-12-7-5-6-11(2)3;/h4-7H2,1-3H3;1H. The largest absolute Gasteiger partial charge is 0.387 e. The lowest BCUT2D eigenvalue weighted by Gasteiger charge is -2.06. The van der Waals surface area contributed by atoms with Gasteiger partial charge >= 0.3 is 0 Å². The Morgan fingerprint density at radius 3 is 2.62 bits per heavy atom. The maximum Gasteiger partial charge on any atom is 0.135 e. The van der Waals surface area contributed by atoms with E-state index in [1.165, 1.54) is 0 Å². The van der Waals surface area contributed by atoms with Gasteiger partial charge in [-0.15, -0.1) is 12.4 Å². The molecule has 0 aromatic carbocycles. The third kappa shape index (κ3) is 14.3. The van der Waals surface area contributed by atoms with Crippen LogP contribution in [0.15, 0.2) is 10.1 Å². The van der Waals surface area contributed by atoms with E-state index in [1.54, 1.807) is 0 Å². The van der Waals surface area contributed by atoms with Crippen LogP contribution < -0.4 is 0 Å². The molecule has 0 aliphatic carbocycles. The van der Waals surface area contributed by atoms with E-state index in [-0.39, 0.29) is 12.4 Å². The predicted octanol–water partition coefficient (Wildman–Crippen LogP) is 1.49. The second-order valence-corrected chi connectivity index (χ2v) is 2.66. The van der Waals surface area contributed by atoms with E-state index in [9.17, 15) is 0 Å². The molecule has 0 aliphatic rings. The van der Waals surface area contributed by atoms with Crippen molar-refractivity contribution in [1.29, 1.82) is 0 Å². The Bertz CT molecular complexity index is 155. The molecule has 0 radical (unpaired) electrons. The molecule has 0 atom stereocenters. The first-order chi connectivity index (χ1) is 5.77. The first-order valence-corrected chi connectivity index (χ1v) is 4.15. The predicted molar refractivity (Wildman–Crippen MR) is 56.8 cm³/mol. The van der Waals surface area contributed by atoms with Gasteiger partial charge in [-0.25, -0.2) is 4.99 Å². The Hall–Kier alpha value is -0.570. The van der Waals surface area contributed by atoms with Crippen molar-refractivity contribution in [3.05, 3.63) is 0 Å². The molecule has 13 heavy (non-hydrogen) atoms. The molecule has 5 heteroatoms. The lowest BCUT2D eigenvalue weighted by Crippen LogP contribution is -2.14. The van der Waals surface area contributed by atoms with Gasteiger partial charge in [0, 0.05) is 13.1 Å². The SMILES string of the molecule is CCN=C=NOCCCN(C)C.Cl. The van der Waals surface area contributed by atoms with E-state index in [0.717, 1.165) is 13.0 Å². The zero-order valence-electron chi connectivity index (χ0n) is 8.49. The number of hydrogen-bond acceptors (Lipinski definition) is 4. The van der Waals surface area contributed by atoms with Gasteiger partial charge in [-0.3, -0.25) is 0 Å². The van der Waals surface area contributed by atoms with Gasteiger partial charge < -0.3 is 9.74 Å². The monoisotopic (exact) mass is 207 g/mol. The first-order valence-electron chi connectivity index (χ1n) is 4.15. The number of halogens is 1. The molecule has 4 nitrogen and oxygen atoms in total. The Morgan fingerprint density at radius 1 is 1.38 bits per heavy atom. The third-order valence-corrected chi connectivity index (χ3v) is 1.18. The van der Waals surface area contributed by atoms with Crippen LogP contribution in [0.2, 0.25) is 0 Å². The summed E-state index contributed by atoms with van der Waals surface area (Å²) in [7, 11) is 4.06. The van der Waals surface area contributed by atoms with Gasteiger partial charge in [-0.2, -0.15) is 0 Å². The molecule has 0 saturated heterocycles. The molecule has 0 bridgehead atoms. The van der Waals surface area contributed by atoms with Crippen LogP contribution in [0.25, 0.3) is 0 Å². The topological polar surface area (TPSA) is 37.2 Å². The fourth-order valence-corrected chi connectivity index (χ4v) is 0.619. The minimum Gasteiger partial charge on any atom is -0.387 e. The van der Waals surface area contributed by atoms with Crippen molar-refractivity contribution in [2.75, 3.05) is 33.8 Å². The van der Waals surface area contributed by atoms with Crippen molar-refractivity contribution >= 4 is 18.4 Å². The van der Waals surface area contributed by atoms with Crippen LogP contribution in [0.3, 0.4) is 0 Å². The van der Waals surface area contributed by atoms with Gasteiger partial charge in [0.1, 0.15) is 12.6 Å². The van der Waals surface area contributed by atoms with Gasteiger partial charge in [-0.05, 0) is 32.6 Å². The average Bonchev–Trinajstić information content (AvgIpc) is 2.02. The molecule has 0 fully saturated rings. The summed E-state index contributed by atoms with van der Waals surface area (Å²) >= 11 is 0. The molecule has 0 unspecified atom stereocenters. The van der Waals surface area contributed by atoms with Gasteiger partial charge in [0.05, 0.1) is 0 Å². The third-order valence-electron chi connectivity index (χ3n) is 1.18. The van der Waals surface area contributed by atoms with E-state index in [1.807, 2.05) is 21.0 Å². The molecular weight excluding hydrogens is 190 g/mol. The highest BCUT2D eigenvalue weighted by molar-refractivity contribution is 5.85. The molecule has 0 aromatic rings. The fourth-order valence-electron chi connectivity index (χ4n) is 0.619. The van der Waals surface area contributed by atoms with Crippen LogP contribution in [0.1, 0.15) is 13.3 Å². The van der Waals surface area contributed by atoms with Crippen molar-refractivity contribution in [2.24, 2.45) is 10.1 Å². The van der Waals surface area contributed by atoms with E-state index >= 15 is 0 Å². The summed E-state index contributed by atoms with van der Waals surface area (Å²) in [4.78, 5) is 10.7. The number of aliphatic imine (C=N–C) groups is 1. The summed E-state index contributed by atoms with van der Waals surface area (Å²) in [5.41, 5.74) is 0. The quantitative estimate of drug-likeness (QED) is 0.376. The van der Waals surface area contributed by atoms with Gasteiger partial charge in [0.25, 0.3) is 0 Å². The molecule has 0 amide bonds. The Labute approximate surface area is 86.1 Å². The number of rotatable bonds is 6. The minimum atomic E-state index is 0. The maximum atomic E-state index is 4.88. The molecule has 0 aromatic heterocycles. The van der Waals surface area contributed by atoms with Crippen molar-refractivity contribution in [3.63, 3.8) is 0 Å². The summed E-state index contributed by atoms with van der Waals surface area (Å²) < 4.78 is 0. The highest BCUT2D eigenvalue weighted by Crippen LogP contribution is 1.84. The molecule has 0 rings (SSSR count). The van der Waals surface area contributed by atoms with Gasteiger partial charge in [0.2, 0.25) is 0 Å². The highest BCUT2D eigenvalue weighted by atomic mass is 35.5. The highest BCUT2D eigenvalue weighted by Gasteiger charge is 1.88. The minimum absolute atomic E-state index is 0. The zero-order chi connectivity index (χ0) is 9.23. The lowest BCUT2D eigenvalue weighted by molar-refractivity contribution is 0.137. The van der Waals surface area contributed by atoms with E-state index in [0.29, 0.717) is 13.2 Å². The lowest BCUT2D eigenvalue weighted by atomic mass is 10.4. The average molecular weight is 208 g/mol. The molecule has 78 valence electrons. The summed E-state index contributed by atoms with van der Waals surface area (Å²) in [5.74, 6) is 0. The van der Waals surface area contributed by atoms with E-state index in [2.05, 4.69) is 21.1 Å². The van der Waals surface area contributed by atoms with Crippen molar-refractivity contribution in [3.8, 4) is 0 Å². The number of hydrogen-bond donors (Lipinski definition) is 0. The molecule has 0 aliphatic heterocycles. The van der Waals surface area contributed by atoms with Gasteiger partial charge in [0.15, 0.2) is 0 Å². The van der Waals surface area contributed by atoms with E-state index in [4.69, 9.17) is 4.84 Å². The van der Waals surface area contributed by atoms with Crippen LogP contribution in [-0.4, -0.2) is 44.7 Å². The summed E-state index contributed by atoms with van der Waals surface area (Å²) in [6.07, 6.45) is 0.976. The second-order valence-electron chi connectivity index (χ2n) is 2.66. The molecular formula is C8H18ClN3O. The molecule has 0 saturated carbocycles. The first kappa shape index (κ1) is 14.9. The van der Waals surface area contributed by atoms with Crippen LogP contribution in [0.5, 0.6) is 0 Å². The fraction of sp³-hybridized carbons (Fsp3) is 0.875. The number of nitrogens with zero attached hydrogens (tertiary/aromatic N) is 3. The molecule has 0 heterocycles. The Balaban J connectivity index is 0. The summed E-state index contributed by atoms with van der Waals surface area (Å²) in [6.45, 7) is 4.27. The van der Waals surface area contributed by atoms with Crippen molar-refractivity contribution < 1.29 is 4.84 Å². The Kier molecular flexibility index (Phi) is 13.1. The maximum absolute atomic E-state index is 4.88. The van der Waals surface area contributed by atoms with Crippen LogP contribution in [0.4, 0.5) is 0 Å².